The number of benzene rings is 1. The van der Waals surface area contributed by atoms with E-state index < -0.39 is 28.5 Å². The van der Waals surface area contributed by atoms with E-state index in [1.807, 2.05) is 0 Å². The maximum atomic E-state index is 12.7. The molecule has 0 bridgehead atoms. The lowest BCUT2D eigenvalue weighted by atomic mass is 10.3. The zero-order valence-corrected chi connectivity index (χ0v) is 16.6. The number of morpholine rings is 1. The molecule has 0 atom stereocenters. The van der Waals surface area contributed by atoms with Crippen molar-refractivity contribution in [2.24, 2.45) is 0 Å². The van der Waals surface area contributed by atoms with Gasteiger partial charge in [0.1, 0.15) is 0 Å². The number of hydrogen-bond acceptors (Lipinski definition) is 8. The normalized spacial score (nSPS) is 14.9. The summed E-state index contributed by atoms with van der Waals surface area (Å²) in [5.74, 6) is -1.51. The maximum absolute atomic E-state index is 12.7. The van der Waals surface area contributed by atoms with E-state index in [0.717, 1.165) is 0 Å². The SMILES string of the molecule is O=C(COC(=O)c1cnccn1)Nc1cc(S(=O)(=O)N2CCOCC2)ccc1Cl. The Kier molecular flexibility index (Phi) is 6.75. The van der Waals surface area contributed by atoms with E-state index in [0.29, 0.717) is 13.2 Å². The molecule has 29 heavy (non-hydrogen) atoms. The number of carbonyl (C=O) groups is 2. The van der Waals surface area contributed by atoms with Crippen LogP contribution >= 0.6 is 11.6 Å². The molecule has 0 aliphatic carbocycles. The van der Waals surface area contributed by atoms with Crippen LogP contribution in [-0.4, -0.2) is 67.5 Å². The van der Waals surface area contributed by atoms with Gasteiger partial charge in [0.2, 0.25) is 10.0 Å². The Labute approximate surface area is 171 Å². The van der Waals surface area contributed by atoms with Gasteiger partial charge in [-0.3, -0.25) is 9.78 Å². The average molecular weight is 441 g/mol. The predicted octanol–water partition coefficient (Wildman–Crippen LogP) is 0.946. The first-order chi connectivity index (χ1) is 13.9. The number of hydrogen-bond donors (Lipinski definition) is 1. The summed E-state index contributed by atoms with van der Waals surface area (Å²) in [4.78, 5) is 31.4. The van der Waals surface area contributed by atoms with Crippen molar-refractivity contribution in [1.82, 2.24) is 14.3 Å². The van der Waals surface area contributed by atoms with Crippen LogP contribution in [0.25, 0.3) is 0 Å². The van der Waals surface area contributed by atoms with Crippen LogP contribution in [-0.2, 0) is 24.3 Å². The van der Waals surface area contributed by atoms with Crippen molar-refractivity contribution in [1.29, 1.82) is 0 Å². The van der Waals surface area contributed by atoms with Crippen molar-refractivity contribution in [3.8, 4) is 0 Å². The molecular formula is C17H17ClN4O6S. The van der Waals surface area contributed by atoms with Gasteiger partial charge in [0.15, 0.2) is 12.3 Å². The Hall–Kier alpha value is -2.60. The minimum Gasteiger partial charge on any atom is -0.451 e. The molecule has 1 N–H and O–H groups in total. The Morgan fingerprint density at radius 2 is 2.00 bits per heavy atom. The van der Waals surface area contributed by atoms with Gasteiger partial charge in [-0.05, 0) is 18.2 Å². The molecule has 0 saturated carbocycles. The largest absolute Gasteiger partial charge is 0.451 e. The summed E-state index contributed by atoms with van der Waals surface area (Å²) in [5.41, 5.74) is 0.0403. The van der Waals surface area contributed by atoms with E-state index >= 15 is 0 Å². The third-order valence-electron chi connectivity index (χ3n) is 3.93. The molecule has 154 valence electrons. The fourth-order valence-electron chi connectivity index (χ4n) is 2.49. The zero-order chi connectivity index (χ0) is 20.9. The number of nitrogens with zero attached hydrogens (tertiary/aromatic N) is 3. The highest BCUT2D eigenvalue weighted by atomic mass is 35.5. The van der Waals surface area contributed by atoms with Gasteiger partial charge >= 0.3 is 5.97 Å². The van der Waals surface area contributed by atoms with Crippen LogP contribution in [0.2, 0.25) is 5.02 Å². The van der Waals surface area contributed by atoms with Crippen molar-refractivity contribution < 1.29 is 27.5 Å². The van der Waals surface area contributed by atoms with E-state index in [-0.39, 0.29) is 34.4 Å². The number of nitrogens with one attached hydrogen (secondary N) is 1. The maximum Gasteiger partial charge on any atom is 0.359 e. The highest BCUT2D eigenvalue weighted by Crippen LogP contribution is 2.27. The number of carbonyl (C=O) groups excluding carboxylic acids is 2. The van der Waals surface area contributed by atoms with Crippen molar-refractivity contribution in [3.05, 3.63) is 47.5 Å². The number of amides is 1. The van der Waals surface area contributed by atoms with Gasteiger partial charge in [0.25, 0.3) is 5.91 Å². The average Bonchev–Trinajstić information content (AvgIpc) is 2.74. The molecular weight excluding hydrogens is 424 g/mol. The van der Waals surface area contributed by atoms with E-state index in [2.05, 4.69) is 15.3 Å². The summed E-state index contributed by atoms with van der Waals surface area (Å²) in [6.07, 6.45) is 3.91. The number of rotatable bonds is 6. The molecule has 2 heterocycles. The Morgan fingerprint density at radius 3 is 2.69 bits per heavy atom. The van der Waals surface area contributed by atoms with Crippen molar-refractivity contribution in [2.45, 2.75) is 4.90 Å². The molecule has 1 aliphatic heterocycles. The van der Waals surface area contributed by atoms with Crippen molar-refractivity contribution >= 4 is 39.2 Å². The second-order valence-corrected chi connectivity index (χ2v) is 8.22. The van der Waals surface area contributed by atoms with Gasteiger partial charge in [0, 0.05) is 25.5 Å². The topological polar surface area (TPSA) is 128 Å². The van der Waals surface area contributed by atoms with Crippen LogP contribution in [0.1, 0.15) is 10.5 Å². The van der Waals surface area contributed by atoms with Crippen molar-refractivity contribution in [2.75, 3.05) is 38.2 Å². The molecule has 0 radical (unpaired) electrons. The predicted molar refractivity (Wildman–Crippen MR) is 102 cm³/mol. The fourth-order valence-corrected chi connectivity index (χ4v) is 4.09. The first kappa shape index (κ1) is 21.1. The lowest BCUT2D eigenvalue weighted by molar-refractivity contribution is -0.119. The van der Waals surface area contributed by atoms with E-state index in [1.54, 1.807) is 0 Å². The molecule has 12 heteroatoms. The summed E-state index contributed by atoms with van der Waals surface area (Å²) < 4.78 is 36.8. The molecule has 3 rings (SSSR count). The van der Waals surface area contributed by atoms with Gasteiger partial charge in [-0.25, -0.2) is 18.2 Å². The summed E-state index contributed by atoms with van der Waals surface area (Å²) in [7, 11) is -3.76. The van der Waals surface area contributed by atoms with Crippen LogP contribution in [0.3, 0.4) is 0 Å². The summed E-state index contributed by atoms with van der Waals surface area (Å²) >= 11 is 6.07. The van der Waals surface area contributed by atoms with Gasteiger partial charge in [-0.15, -0.1) is 0 Å². The number of sulfonamides is 1. The second-order valence-electron chi connectivity index (χ2n) is 5.87. The van der Waals surface area contributed by atoms with Gasteiger partial charge in [0.05, 0.1) is 35.0 Å². The van der Waals surface area contributed by atoms with Crippen LogP contribution in [0.5, 0.6) is 0 Å². The minimum atomic E-state index is -3.76. The molecule has 10 nitrogen and oxygen atoms in total. The minimum absolute atomic E-state index is 0.0179. The number of anilines is 1. The number of ether oxygens (including phenoxy) is 2. The van der Waals surface area contributed by atoms with Crippen LogP contribution in [0.15, 0.2) is 41.7 Å². The quantitative estimate of drug-likeness (QED) is 0.657. The molecule has 1 aromatic heterocycles. The highest BCUT2D eigenvalue weighted by molar-refractivity contribution is 7.89. The lowest BCUT2D eigenvalue weighted by Gasteiger charge is -2.26. The fraction of sp³-hybridized carbons (Fsp3) is 0.294. The Morgan fingerprint density at radius 1 is 1.24 bits per heavy atom. The molecule has 2 aromatic rings. The highest BCUT2D eigenvalue weighted by Gasteiger charge is 2.27. The smallest absolute Gasteiger partial charge is 0.359 e. The molecule has 1 amide bonds. The molecule has 0 unspecified atom stereocenters. The second kappa shape index (κ2) is 9.27. The lowest BCUT2D eigenvalue weighted by Crippen LogP contribution is -2.40. The number of esters is 1. The van der Waals surface area contributed by atoms with Crippen molar-refractivity contribution in [3.63, 3.8) is 0 Å². The summed E-state index contributed by atoms with van der Waals surface area (Å²) in [6.45, 7) is 0.503. The Bertz CT molecular complexity index is 996. The van der Waals surface area contributed by atoms with Crippen LogP contribution < -0.4 is 5.32 Å². The first-order valence-electron chi connectivity index (χ1n) is 8.48. The Balaban J connectivity index is 1.66. The number of aromatic nitrogens is 2. The van der Waals surface area contributed by atoms with Crippen LogP contribution in [0, 0.1) is 0 Å². The molecule has 1 aromatic carbocycles. The van der Waals surface area contributed by atoms with Crippen LogP contribution in [0.4, 0.5) is 5.69 Å². The monoisotopic (exact) mass is 440 g/mol. The zero-order valence-electron chi connectivity index (χ0n) is 15.1. The third kappa shape index (κ3) is 5.26. The van der Waals surface area contributed by atoms with Gasteiger partial charge in [-0.1, -0.05) is 11.6 Å². The van der Waals surface area contributed by atoms with E-state index in [4.69, 9.17) is 21.1 Å². The van der Waals surface area contributed by atoms with Gasteiger partial charge < -0.3 is 14.8 Å². The standard InChI is InChI=1S/C17H17ClN4O6S/c18-13-2-1-12(29(25,26)22-5-7-27-8-6-22)9-14(13)21-16(23)11-28-17(24)15-10-19-3-4-20-15/h1-4,9-10H,5-8,11H2,(H,21,23). The third-order valence-corrected chi connectivity index (χ3v) is 6.15. The van der Waals surface area contributed by atoms with E-state index in [9.17, 15) is 18.0 Å². The van der Waals surface area contributed by atoms with Gasteiger partial charge in [-0.2, -0.15) is 4.31 Å². The molecule has 0 spiro atoms. The van der Waals surface area contributed by atoms with E-state index in [1.165, 1.54) is 41.1 Å². The molecule has 1 aliphatic rings. The number of halogens is 1. The first-order valence-corrected chi connectivity index (χ1v) is 10.3. The summed E-state index contributed by atoms with van der Waals surface area (Å²) in [6, 6.07) is 3.99. The summed E-state index contributed by atoms with van der Waals surface area (Å²) in [5, 5.41) is 2.58. The molecule has 1 fully saturated rings. The molecule has 1 saturated heterocycles.